The van der Waals surface area contributed by atoms with Crippen LogP contribution < -0.4 is 4.90 Å². The van der Waals surface area contributed by atoms with Gasteiger partial charge in [0, 0.05) is 37.7 Å². The van der Waals surface area contributed by atoms with E-state index < -0.39 is 0 Å². The minimum absolute atomic E-state index is 0.227. The minimum Gasteiger partial charge on any atom is -0.375 e. The summed E-state index contributed by atoms with van der Waals surface area (Å²) in [5.74, 6) is 0. The number of aromatic nitrogens is 3. The van der Waals surface area contributed by atoms with Crippen LogP contribution in [0.2, 0.25) is 0 Å². The first-order chi connectivity index (χ1) is 13.6. The summed E-state index contributed by atoms with van der Waals surface area (Å²) < 4.78 is 5.72. The number of rotatable bonds is 5. The van der Waals surface area contributed by atoms with Crippen LogP contribution in [0.5, 0.6) is 0 Å². The highest BCUT2D eigenvalue weighted by Gasteiger charge is 2.20. The highest BCUT2D eigenvalue weighted by Crippen LogP contribution is 2.36. The van der Waals surface area contributed by atoms with Crippen molar-refractivity contribution in [3.05, 3.63) is 54.6 Å². The van der Waals surface area contributed by atoms with Crippen molar-refractivity contribution in [2.24, 2.45) is 0 Å². The number of thiazole rings is 1. The largest absolute Gasteiger partial charge is 0.375 e. The van der Waals surface area contributed by atoms with Crippen LogP contribution in [0.15, 0.2) is 48.9 Å². The summed E-state index contributed by atoms with van der Waals surface area (Å²) in [7, 11) is 2.12. The van der Waals surface area contributed by atoms with Crippen molar-refractivity contribution in [1.82, 2.24) is 15.0 Å². The number of anilines is 1. The summed E-state index contributed by atoms with van der Waals surface area (Å²) in [5.41, 5.74) is 5.46. The Labute approximate surface area is 169 Å². The second-order valence-electron chi connectivity index (χ2n) is 7.12. The second-order valence-corrected chi connectivity index (χ2v) is 8.15. The summed E-state index contributed by atoms with van der Waals surface area (Å²) in [4.78, 5) is 17.1. The zero-order valence-electron chi connectivity index (χ0n) is 16.4. The monoisotopic (exact) mass is 392 g/mol. The van der Waals surface area contributed by atoms with E-state index in [4.69, 9.17) is 9.72 Å². The first-order valence-corrected chi connectivity index (χ1v) is 10.3. The molecular formula is C22H24N4OS. The van der Waals surface area contributed by atoms with Crippen molar-refractivity contribution in [1.29, 1.82) is 0 Å². The second kappa shape index (κ2) is 8.20. The molecule has 1 aliphatic heterocycles. The molecule has 6 heteroatoms. The Kier molecular flexibility index (Phi) is 5.50. The normalized spacial score (nSPS) is 15.3. The molecule has 0 fully saturated rings. The van der Waals surface area contributed by atoms with Gasteiger partial charge in [-0.3, -0.25) is 4.98 Å². The van der Waals surface area contributed by atoms with E-state index in [9.17, 15) is 0 Å². The minimum atomic E-state index is 0.227. The molecular weight excluding hydrogens is 368 g/mol. The van der Waals surface area contributed by atoms with Crippen molar-refractivity contribution >= 4 is 22.6 Å². The number of ether oxygens (including phenoxy) is 1. The lowest BCUT2D eigenvalue weighted by molar-refractivity contribution is 0.103. The van der Waals surface area contributed by atoms with E-state index in [0.717, 1.165) is 39.8 Å². The van der Waals surface area contributed by atoms with E-state index in [2.05, 4.69) is 54.0 Å². The van der Waals surface area contributed by atoms with Gasteiger partial charge in [-0.1, -0.05) is 6.08 Å². The van der Waals surface area contributed by atoms with E-state index in [1.54, 1.807) is 17.5 Å². The van der Waals surface area contributed by atoms with Gasteiger partial charge in [0.2, 0.25) is 0 Å². The summed E-state index contributed by atoms with van der Waals surface area (Å²) >= 11 is 1.64. The maximum Gasteiger partial charge on any atom is 0.125 e. The first kappa shape index (κ1) is 18.8. The van der Waals surface area contributed by atoms with Gasteiger partial charge < -0.3 is 9.64 Å². The molecule has 1 aliphatic rings. The van der Waals surface area contributed by atoms with Gasteiger partial charge in [-0.25, -0.2) is 9.97 Å². The van der Waals surface area contributed by atoms with Crippen molar-refractivity contribution < 1.29 is 4.74 Å². The molecule has 0 radical (unpaired) electrons. The van der Waals surface area contributed by atoms with Gasteiger partial charge in [0.1, 0.15) is 5.01 Å². The predicted octanol–water partition coefficient (Wildman–Crippen LogP) is 4.92. The van der Waals surface area contributed by atoms with Crippen molar-refractivity contribution in [2.75, 3.05) is 25.1 Å². The maximum absolute atomic E-state index is 5.72. The van der Waals surface area contributed by atoms with Gasteiger partial charge >= 0.3 is 0 Å². The van der Waals surface area contributed by atoms with Gasteiger partial charge in [0.25, 0.3) is 0 Å². The van der Waals surface area contributed by atoms with Crippen LogP contribution in [0.25, 0.3) is 26.7 Å². The molecule has 0 aliphatic carbocycles. The van der Waals surface area contributed by atoms with Crippen LogP contribution in [0, 0.1) is 0 Å². The van der Waals surface area contributed by atoms with E-state index in [1.165, 1.54) is 11.3 Å². The number of pyridine rings is 2. The topological polar surface area (TPSA) is 51.1 Å². The number of fused-ring (bicyclic) bond motifs is 1. The molecule has 0 atom stereocenters. The van der Waals surface area contributed by atoms with E-state index >= 15 is 0 Å². The predicted molar refractivity (Wildman–Crippen MR) is 116 cm³/mol. The van der Waals surface area contributed by atoms with Gasteiger partial charge in [-0.05, 0) is 50.1 Å². The van der Waals surface area contributed by atoms with Crippen LogP contribution >= 0.6 is 11.3 Å². The smallest absolute Gasteiger partial charge is 0.125 e. The van der Waals surface area contributed by atoms with Crippen LogP contribution in [-0.2, 0) is 4.74 Å². The van der Waals surface area contributed by atoms with Crippen LogP contribution in [0.4, 0.5) is 5.69 Å². The molecule has 28 heavy (non-hydrogen) atoms. The maximum atomic E-state index is 5.72. The highest BCUT2D eigenvalue weighted by atomic mass is 32.1. The quantitative estimate of drug-likeness (QED) is 0.617. The SMILES string of the molecule is CC(C)OC/C=C1/CCN(C)c2ccc(-c3cnc(-c4cccnc4)s3)nc21. The standard InChI is InChI=1S/C22H24N4OS/c1-15(2)27-12-9-16-8-11-26(3)19-7-6-18(25-21(16)19)20-14-24-22(28-20)17-5-4-10-23-13-17/h4-7,9-10,13-15H,8,11-12H2,1-3H3/b16-9-. The molecule has 0 aromatic carbocycles. The fraction of sp³-hybridized carbons (Fsp3) is 0.318. The van der Waals surface area contributed by atoms with Gasteiger partial charge in [0.15, 0.2) is 0 Å². The van der Waals surface area contributed by atoms with Crippen molar-refractivity contribution in [3.63, 3.8) is 0 Å². The summed E-state index contributed by atoms with van der Waals surface area (Å²) in [6.45, 7) is 5.73. The molecule has 144 valence electrons. The Balaban J connectivity index is 1.66. The molecule has 5 nitrogen and oxygen atoms in total. The molecule has 0 spiro atoms. The van der Waals surface area contributed by atoms with Crippen LogP contribution in [0.1, 0.15) is 26.0 Å². The summed E-state index contributed by atoms with van der Waals surface area (Å²) in [6.07, 6.45) is 8.90. The molecule has 0 N–H and O–H groups in total. The van der Waals surface area contributed by atoms with Gasteiger partial charge in [-0.2, -0.15) is 0 Å². The van der Waals surface area contributed by atoms with E-state index in [1.807, 2.05) is 24.5 Å². The Morgan fingerprint density at radius 3 is 2.93 bits per heavy atom. The molecule has 0 saturated heterocycles. The van der Waals surface area contributed by atoms with E-state index in [0.29, 0.717) is 6.61 Å². The van der Waals surface area contributed by atoms with Crippen LogP contribution in [0.3, 0.4) is 0 Å². The summed E-state index contributed by atoms with van der Waals surface area (Å²) in [5, 5.41) is 0.959. The van der Waals surface area contributed by atoms with Crippen molar-refractivity contribution in [3.8, 4) is 21.1 Å². The van der Waals surface area contributed by atoms with Crippen molar-refractivity contribution in [2.45, 2.75) is 26.4 Å². The Morgan fingerprint density at radius 2 is 2.14 bits per heavy atom. The molecule has 3 aromatic rings. The molecule has 0 bridgehead atoms. The van der Waals surface area contributed by atoms with E-state index in [-0.39, 0.29) is 6.10 Å². The fourth-order valence-electron chi connectivity index (χ4n) is 3.22. The Morgan fingerprint density at radius 1 is 1.25 bits per heavy atom. The zero-order chi connectivity index (χ0) is 19.5. The third-order valence-electron chi connectivity index (χ3n) is 4.73. The zero-order valence-corrected chi connectivity index (χ0v) is 17.2. The van der Waals surface area contributed by atoms with Crippen LogP contribution in [-0.4, -0.2) is 41.3 Å². The lowest BCUT2D eigenvalue weighted by atomic mass is 10.0. The lowest BCUT2D eigenvalue weighted by Gasteiger charge is -2.28. The molecule has 0 unspecified atom stereocenters. The Bertz CT molecular complexity index is 981. The first-order valence-electron chi connectivity index (χ1n) is 9.51. The molecule has 4 heterocycles. The third-order valence-corrected chi connectivity index (χ3v) is 5.80. The highest BCUT2D eigenvalue weighted by molar-refractivity contribution is 7.18. The van der Waals surface area contributed by atoms with Gasteiger partial charge in [0.05, 0.1) is 34.7 Å². The number of hydrogen-bond acceptors (Lipinski definition) is 6. The number of hydrogen-bond donors (Lipinski definition) is 0. The summed E-state index contributed by atoms with van der Waals surface area (Å²) in [6, 6.07) is 8.21. The fourth-order valence-corrected chi connectivity index (χ4v) is 4.09. The molecule has 4 rings (SSSR count). The average molecular weight is 393 g/mol. The molecule has 3 aromatic heterocycles. The molecule has 0 amide bonds. The third kappa shape index (κ3) is 3.98. The molecule has 0 saturated carbocycles. The lowest BCUT2D eigenvalue weighted by Crippen LogP contribution is -2.25. The number of nitrogens with zero attached hydrogens (tertiary/aromatic N) is 4. The Hall–Kier alpha value is -2.57. The van der Waals surface area contributed by atoms with Gasteiger partial charge in [-0.15, -0.1) is 11.3 Å². The average Bonchev–Trinajstić information content (AvgIpc) is 3.20.